The van der Waals surface area contributed by atoms with Crippen LogP contribution >= 0.6 is 11.8 Å². The second-order valence-corrected chi connectivity index (χ2v) is 9.95. The molecule has 0 aliphatic carbocycles. The molecule has 5 rings (SSSR count). The summed E-state index contributed by atoms with van der Waals surface area (Å²) in [5.74, 6) is -1.83. The molecule has 4 aromatic rings. The van der Waals surface area contributed by atoms with Crippen LogP contribution in [0.3, 0.4) is 0 Å². The van der Waals surface area contributed by atoms with Crippen molar-refractivity contribution in [1.82, 2.24) is 29.3 Å². The highest BCUT2D eigenvalue weighted by atomic mass is 32.2. The lowest BCUT2D eigenvalue weighted by molar-refractivity contribution is -0.140. The maximum Gasteiger partial charge on any atom is 0.251 e. The molecule has 12 heteroatoms. The number of likely N-dealkylation sites (tertiary alicyclic amines) is 1. The molecule has 1 amide bonds. The Hall–Kier alpha value is -3.82. The molecule has 37 heavy (non-hydrogen) atoms. The molecule has 5 heterocycles. The highest BCUT2D eigenvalue weighted by Gasteiger charge is 2.28. The van der Waals surface area contributed by atoms with Gasteiger partial charge in [0.15, 0.2) is 5.82 Å². The zero-order valence-electron chi connectivity index (χ0n) is 20.1. The van der Waals surface area contributed by atoms with Gasteiger partial charge in [-0.25, -0.2) is 18.3 Å². The lowest BCUT2D eigenvalue weighted by atomic mass is 10.0. The quantitative estimate of drug-likeness (QED) is 0.424. The van der Waals surface area contributed by atoms with Gasteiger partial charge in [0.2, 0.25) is 0 Å². The average molecular weight is 524 g/mol. The van der Waals surface area contributed by atoms with E-state index in [9.17, 15) is 23.9 Å². The molecule has 0 radical (unpaired) electrons. The highest BCUT2D eigenvalue weighted by molar-refractivity contribution is 7.99. The van der Waals surface area contributed by atoms with Crippen LogP contribution in [0.25, 0.3) is 16.6 Å². The third-order valence-electron chi connectivity index (χ3n) is 6.51. The molecule has 4 aromatic heterocycles. The lowest BCUT2D eigenvalue weighted by Crippen LogP contribution is -2.43. The van der Waals surface area contributed by atoms with Crippen LogP contribution in [0.15, 0.2) is 46.8 Å². The molecule has 0 aromatic carbocycles. The standard InChI is InChI=1S/C25H23F2N7O2S/c1-14-20(12-31-34(14)19-3-5-32(6-4-19)25(36)15(2)35)16-7-22(23-17(9-28)10-30-33(23)13-16)37-24-21(27)8-18(26)11-29-24/h7-8,10-13,15,19,35H,3-6H2,1-2H3/t15-/m0/s1. The van der Waals surface area contributed by atoms with Crippen LogP contribution < -0.4 is 0 Å². The molecule has 0 spiro atoms. The summed E-state index contributed by atoms with van der Waals surface area (Å²) in [6.07, 6.45) is 6.33. The van der Waals surface area contributed by atoms with Crippen LogP contribution in [0, 0.1) is 29.9 Å². The highest BCUT2D eigenvalue weighted by Crippen LogP contribution is 2.37. The summed E-state index contributed by atoms with van der Waals surface area (Å²) in [7, 11) is 0. The lowest BCUT2D eigenvalue weighted by Gasteiger charge is -2.33. The fraction of sp³-hybridized carbons (Fsp3) is 0.320. The van der Waals surface area contributed by atoms with Gasteiger partial charge in [-0.05, 0) is 32.8 Å². The summed E-state index contributed by atoms with van der Waals surface area (Å²) >= 11 is 0.992. The summed E-state index contributed by atoms with van der Waals surface area (Å²) in [5, 5.41) is 28.1. The van der Waals surface area contributed by atoms with E-state index in [1.165, 1.54) is 13.1 Å². The first-order chi connectivity index (χ1) is 17.8. The molecule has 9 nitrogen and oxygen atoms in total. The first-order valence-corrected chi connectivity index (χ1v) is 12.5. The van der Waals surface area contributed by atoms with Crippen LogP contribution in [-0.4, -0.2) is 59.5 Å². The predicted octanol–water partition coefficient (Wildman–Crippen LogP) is 3.75. The van der Waals surface area contributed by atoms with E-state index in [0.717, 1.165) is 40.8 Å². The van der Waals surface area contributed by atoms with Gasteiger partial charge in [0.1, 0.15) is 23.0 Å². The van der Waals surface area contributed by atoms with E-state index in [0.29, 0.717) is 41.9 Å². The van der Waals surface area contributed by atoms with Crippen molar-refractivity contribution in [1.29, 1.82) is 5.26 Å². The van der Waals surface area contributed by atoms with Crippen molar-refractivity contribution in [2.75, 3.05) is 13.1 Å². The summed E-state index contributed by atoms with van der Waals surface area (Å²) in [5.41, 5.74) is 3.34. The Morgan fingerprint density at radius 1 is 1.22 bits per heavy atom. The van der Waals surface area contributed by atoms with Crippen LogP contribution in [0.1, 0.15) is 37.1 Å². The summed E-state index contributed by atoms with van der Waals surface area (Å²) in [6.45, 7) is 4.51. The second-order valence-electron chi connectivity index (χ2n) is 8.92. The fourth-order valence-corrected chi connectivity index (χ4v) is 5.60. The number of pyridine rings is 2. The Morgan fingerprint density at radius 2 is 1.97 bits per heavy atom. The van der Waals surface area contributed by atoms with Crippen LogP contribution in [-0.2, 0) is 4.79 Å². The minimum Gasteiger partial charge on any atom is -0.384 e. The molecule has 190 valence electrons. The number of nitrogens with zero attached hydrogens (tertiary/aromatic N) is 7. The van der Waals surface area contributed by atoms with Gasteiger partial charge >= 0.3 is 0 Å². The molecular weight excluding hydrogens is 500 g/mol. The van der Waals surface area contributed by atoms with Crippen molar-refractivity contribution in [3.8, 4) is 17.2 Å². The molecule has 1 aliphatic rings. The topological polar surface area (TPSA) is 112 Å². The van der Waals surface area contributed by atoms with Crippen molar-refractivity contribution >= 4 is 23.2 Å². The zero-order chi connectivity index (χ0) is 26.3. The Kier molecular flexibility index (Phi) is 6.66. The van der Waals surface area contributed by atoms with Gasteiger partial charge in [0.25, 0.3) is 5.91 Å². The van der Waals surface area contributed by atoms with Crippen LogP contribution in [0.4, 0.5) is 8.78 Å². The van der Waals surface area contributed by atoms with E-state index < -0.39 is 17.7 Å². The minimum atomic E-state index is -1.01. The number of carbonyl (C=O) groups excluding carboxylic acids is 1. The fourth-order valence-electron chi connectivity index (χ4n) is 4.64. The number of nitriles is 1. The van der Waals surface area contributed by atoms with Crippen LogP contribution in [0.2, 0.25) is 0 Å². The zero-order valence-corrected chi connectivity index (χ0v) is 20.9. The maximum absolute atomic E-state index is 14.4. The molecule has 1 saturated heterocycles. The number of rotatable bonds is 5. The smallest absolute Gasteiger partial charge is 0.251 e. The van der Waals surface area contributed by atoms with E-state index in [2.05, 4.69) is 21.3 Å². The van der Waals surface area contributed by atoms with E-state index in [4.69, 9.17) is 0 Å². The van der Waals surface area contributed by atoms with E-state index in [1.54, 1.807) is 21.8 Å². The summed E-state index contributed by atoms with van der Waals surface area (Å²) in [6, 6.07) is 4.79. The number of aliphatic hydroxyl groups is 1. The van der Waals surface area contributed by atoms with Crippen molar-refractivity contribution in [3.63, 3.8) is 0 Å². The molecule has 1 atom stereocenters. The van der Waals surface area contributed by atoms with Gasteiger partial charge < -0.3 is 10.0 Å². The molecular formula is C25H23F2N7O2S. The maximum atomic E-state index is 14.4. The Morgan fingerprint density at radius 3 is 2.65 bits per heavy atom. The number of aromatic nitrogens is 5. The molecule has 0 bridgehead atoms. The molecule has 1 aliphatic heterocycles. The molecule has 0 saturated carbocycles. The first kappa shape index (κ1) is 24.9. The van der Waals surface area contributed by atoms with Crippen LogP contribution in [0.5, 0.6) is 0 Å². The monoisotopic (exact) mass is 523 g/mol. The van der Waals surface area contributed by atoms with Crippen molar-refractivity contribution in [2.45, 2.75) is 48.8 Å². The number of hydrogen-bond donors (Lipinski definition) is 1. The molecule has 1 fully saturated rings. The third kappa shape index (κ3) is 4.68. The largest absolute Gasteiger partial charge is 0.384 e. The van der Waals surface area contributed by atoms with Crippen molar-refractivity contribution in [3.05, 3.63) is 59.8 Å². The molecule has 1 N–H and O–H groups in total. The second kappa shape index (κ2) is 9.91. The summed E-state index contributed by atoms with van der Waals surface area (Å²) in [4.78, 5) is 18.2. The minimum absolute atomic E-state index is 0.0172. The van der Waals surface area contributed by atoms with Gasteiger partial charge in [-0.2, -0.15) is 15.5 Å². The Bertz CT molecular complexity index is 1530. The molecule has 0 unspecified atom stereocenters. The van der Waals surface area contributed by atoms with Gasteiger partial charge in [0, 0.05) is 47.1 Å². The SMILES string of the molecule is Cc1c(-c2cc(Sc3ncc(F)cc3F)c3c(C#N)cnn3c2)cnn1C1CCN(C(=O)[C@H](C)O)CC1. The van der Waals surface area contributed by atoms with Crippen molar-refractivity contribution < 1.29 is 18.7 Å². The third-order valence-corrected chi connectivity index (χ3v) is 7.54. The van der Waals surface area contributed by atoms with Crippen molar-refractivity contribution in [2.24, 2.45) is 0 Å². The van der Waals surface area contributed by atoms with E-state index >= 15 is 0 Å². The van der Waals surface area contributed by atoms with Gasteiger partial charge in [0.05, 0.1) is 35.7 Å². The average Bonchev–Trinajstić information content (AvgIpc) is 3.48. The normalized spacial score (nSPS) is 15.2. The summed E-state index contributed by atoms with van der Waals surface area (Å²) < 4.78 is 31.3. The Balaban J connectivity index is 1.48. The number of hydrogen-bond acceptors (Lipinski definition) is 7. The Labute approximate surface area is 215 Å². The van der Waals surface area contributed by atoms with Gasteiger partial charge in [-0.3, -0.25) is 9.48 Å². The van der Waals surface area contributed by atoms with E-state index in [1.807, 2.05) is 17.7 Å². The van der Waals surface area contributed by atoms with E-state index in [-0.39, 0.29) is 17.0 Å². The van der Waals surface area contributed by atoms with Gasteiger partial charge in [-0.15, -0.1) is 0 Å². The number of amides is 1. The number of piperidine rings is 1. The number of halogens is 2. The van der Waals surface area contributed by atoms with Gasteiger partial charge in [-0.1, -0.05) is 11.8 Å². The number of fused-ring (bicyclic) bond motifs is 1. The predicted molar refractivity (Wildman–Crippen MR) is 131 cm³/mol. The number of aliphatic hydroxyl groups excluding tert-OH is 1. The first-order valence-electron chi connectivity index (χ1n) is 11.7. The number of carbonyl (C=O) groups is 1.